The fourth-order valence-electron chi connectivity index (χ4n) is 2.21. The van der Waals surface area contributed by atoms with E-state index in [1.165, 1.54) is 0 Å². The van der Waals surface area contributed by atoms with E-state index < -0.39 is 12.3 Å². The van der Waals surface area contributed by atoms with Gasteiger partial charge in [0.25, 0.3) is 0 Å². The van der Waals surface area contributed by atoms with E-state index in [4.69, 9.17) is 5.73 Å². The zero-order valence-corrected chi connectivity index (χ0v) is 8.50. The minimum absolute atomic E-state index is 0.120. The highest BCUT2D eigenvalue weighted by Crippen LogP contribution is 2.44. The predicted octanol–water partition coefficient (Wildman–Crippen LogP) is 3.42. The van der Waals surface area contributed by atoms with E-state index >= 15 is 0 Å². The maximum Gasteiger partial charge on any atom is 0.245 e. The highest BCUT2D eigenvalue weighted by Gasteiger charge is 2.35. The quantitative estimate of drug-likeness (QED) is 0.762. The molecular weight excluding hydrogens is 196 g/mol. The number of benzene rings is 1. The molecule has 1 saturated carbocycles. The molecule has 0 aliphatic heterocycles. The van der Waals surface area contributed by atoms with Crippen molar-refractivity contribution in [2.45, 2.75) is 31.6 Å². The molecule has 1 nitrogen and oxygen atoms in total. The number of halogens is 2. The highest BCUT2D eigenvalue weighted by atomic mass is 19.3. The molecule has 0 spiro atoms. The molecule has 2 rings (SSSR count). The van der Waals surface area contributed by atoms with Gasteiger partial charge in [-0.25, -0.2) is 8.78 Å². The molecule has 1 atom stereocenters. The summed E-state index contributed by atoms with van der Waals surface area (Å²) in [4.78, 5) is 0. The first kappa shape index (κ1) is 10.4. The summed E-state index contributed by atoms with van der Waals surface area (Å²) in [5, 5.41) is 0. The van der Waals surface area contributed by atoms with Crippen molar-refractivity contribution in [1.29, 1.82) is 0 Å². The molecule has 82 valence electrons. The molecule has 1 aliphatic carbocycles. The lowest BCUT2D eigenvalue weighted by molar-refractivity contribution is 0.0621. The van der Waals surface area contributed by atoms with E-state index in [1.54, 1.807) is 24.3 Å². The van der Waals surface area contributed by atoms with Crippen molar-refractivity contribution < 1.29 is 8.78 Å². The van der Waals surface area contributed by atoms with E-state index in [2.05, 4.69) is 0 Å². The van der Waals surface area contributed by atoms with Crippen molar-refractivity contribution in [2.24, 2.45) is 5.92 Å². The fourth-order valence-corrected chi connectivity index (χ4v) is 2.21. The molecule has 1 unspecified atom stereocenters. The number of para-hydroxylation sites is 1. The van der Waals surface area contributed by atoms with Gasteiger partial charge in [-0.05, 0) is 30.4 Å². The third-order valence-corrected chi connectivity index (χ3v) is 3.28. The minimum atomic E-state index is -2.31. The van der Waals surface area contributed by atoms with Crippen molar-refractivity contribution in [3.05, 3.63) is 29.8 Å². The summed E-state index contributed by atoms with van der Waals surface area (Å²) in [7, 11) is 0. The van der Waals surface area contributed by atoms with Crippen LogP contribution in [0.5, 0.6) is 0 Å². The molecule has 0 radical (unpaired) electrons. The summed E-state index contributed by atoms with van der Waals surface area (Å²) in [5.74, 6) is -0.547. The van der Waals surface area contributed by atoms with Gasteiger partial charge in [0.2, 0.25) is 6.43 Å². The number of hydrogen-bond donors (Lipinski definition) is 1. The number of nitrogens with two attached hydrogens (primary N) is 1. The maximum absolute atomic E-state index is 13.0. The van der Waals surface area contributed by atoms with Gasteiger partial charge in [-0.2, -0.15) is 0 Å². The molecule has 0 aromatic heterocycles. The Labute approximate surface area is 88.3 Å². The van der Waals surface area contributed by atoms with Crippen LogP contribution in [-0.4, -0.2) is 6.43 Å². The first-order valence-electron chi connectivity index (χ1n) is 5.32. The Kier molecular flexibility index (Phi) is 2.89. The van der Waals surface area contributed by atoms with Gasteiger partial charge in [0, 0.05) is 11.6 Å². The molecule has 0 amide bonds. The molecule has 1 aromatic carbocycles. The number of anilines is 1. The molecule has 15 heavy (non-hydrogen) atoms. The van der Waals surface area contributed by atoms with Gasteiger partial charge in [-0.3, -0.25) is 0 Å². The minimum Gasteiger partial charge on any atom is -0.398 e. The second-order valence-corrected chi connectivity index (χ2v) is 4.18. The molecule has 1 fully saturated rings. The number of hydrogen-bond acceptors (Lipinski definition) is 1. The average Bonchev–Trinajstić information content (AvgIpc) is 2.12. The summed E-state index contributed by atoms with van der Waals surface area (Å²) >= 11 is 0. The zero-order chi connectivity index (χ0) is 10.8. The van der Waals surface area contributed by atoms with Crippen LogP contribution in [-0.2, 0) is 0 Å². The van der Waals surface area contributed by atoms with Crippen LogP contribution in [0.25, 0.3) is 0 Å². The topological polar surface area (TPSA) is 26.0 Å². The summed E-state index contributed by atoms with van der Waals surface area (Å²) in [6, 6.07) is 6.98. The van der Waals surface area contributed by atoms with Crippen LogP contribution >= 0.6 is 0 Å². The third-order valence-electron chi connectivity index (χ3n) is 3.28. The second kappa shape index (κ2) is 4.17. The zero-order valence-electron chi connectivity index (χ0n) is 8.50. The van der Waals surface area contributed by atoms with Crippen LogP contribution in [0.4, 0.5) is 14.5 Å². The van der Waals surface area contributed by atoms with Gasteiger partial charge in [0.1, 0.15) is 0 Å². The van der Waals surface area contributed by atoms with E-state index in [0.717, 1.165) is 19.3 Å². The van der Waals surface area contributed by atoms with E-state index in [9.17, 15) is 8.78 Å². The molecule has 1 aromatic rings. The Balaban J connectivity index is 2.27. The molecule has 0 heterocycles. The number of alkyl halides is 2. The molecular formula is C12H15F2N. The lowest BCUT2D eigenvalue weighted by Gasteiger charge is -2.34. The summed E-state index contributed by atoms with van der Waals surface area (Å²) in [6.07, 6.45) is 0.577. The van der Waals surface area contributed by atoms with Crippen molar-refractivity contribution in [2.75, 3.05) is 5.73 Å². The smallest absolute Gasteiger partial charge is 0.245 e. The Bertz CT molecular complexity index is 334. The summed E-state index contributed by atoms with van der Waals surface area (Å²) in [5.41, 5.74) is 6.86. The molecule has 2 N–H and O–H groups in total. The van der Waals surface area contributed by atoms with Crippen LogP contribution in [0.3, 0.4) is 0 Å². The maximum atomic E-state index is 13.0. The highest BCUT2D eigenvalue weighted by molar-refractivity contribution is 5.49. The average molecular weight is 211 g/mol. The third kappa shape index (κ3) is 1.96. The van der Waals surface area contributed by atoms with Crippen molar-refractivity contribution in [3.8, 4) is 0 Å². The molecule has 0 saturated heterocycles. The first-order chi connectivity index (χ1) is 7.20. The van der Waals surface area contributed by atoms with Crippen LogP contribution < -0.4 is 5.73 Å². The SMILES string of the molecule is Nc1ccccc1C(C(F)F)C1CCC1. The van der Waals surface area contributed by atoms with Crippen LogP contribution in [0, 0.1) is 5.92 Å². The van der Waals surface area contributed by atoms with Gasteiger partial charge in [-0.1, -0.05) is 24.6 Å². The van der Waals surface area contributed by atoms with E-state index in [-0.39, 0.29) is 5.92 Å². The second-order valence-electron chi connectivity index (χ2n) is 4.18. The monoisotopic (exact) mass is 211 g/mol. The molecule has 3 heteroatoms. The van der Waals surface area contributed by atoms with Gasteiger partial charge >= 0.3 is 0 Å². The standard InChI is InChI=1S/C12H15F2N/c13-12(14)11(8-4-3-5-8)9-6-1-2-7-10(9)15/h1-2,6-8,11-12H,3-5,15H2. The Hall–Kier alpha value is -1.12. The Morgan fingerprint density at radius 3 is 2.33 bits per heavy atom. The number of rotatable bonds is 3. The van der Waals surface area contributed by atoms with Gasteiger partial charge in [0.15, 0.2) is 0 Å². The summed E-state index contributed by atoms with van der Waals surface area (Å²) < 4.78 is 26.0. The fraction of sp³-hybridized carbons (Fsp3) is 0.500. The number of nitrogen functional groups attached to an aromatic ring is 1. The van der Waals surface area contributed by atoms with Crippen molar-refractivity contribution in [3.63, 3.8) is 0 Å². The first-order valence-corrected chi connectivity index (χ1v) is 5.32. The lowest BCUT2D eigenvalue weighted by Crippen LogP contribution is -2.26. The summed E-state index contributed by atoms with van der Waals surface area (Å²) in [6.45, 7) is 0. The van der Waals surface area contributed by atoms with Gasteiger partial charge in [0.05, 0.1) is 0 Å². The Morgan fingerprint density at radius 2 is 1.87 bits per heavy atom. The molecule has 1 aliphatic rings. The van der Waals surface area contributed by atoms with Crippen LogP contribution in [0.1, 0.15) is 30.7 Å². The van der Waals surface area contributed by atoms with Crippen molar-refractivity contribution in [1.82, 2.24) is 0 Å². The largest absolute Gasteiger partial charge is 0.398 e. The van der Waals surface area contributed by atoms with Crippen LogP contribution in [0.15, 0.2) is 24.3 Å². The van der Waals surface area contributed by atoms with Crippen LogP contribution in [0.2, 0.25) is 0 Å². The van der Waals surface area contributed by atoms with E-state index in [1.807, 2.05) is 0 Å². The van der Waals surface area contributed by atoms with Gasteiger partial charge < -0.3 is 5.73 Å². The van der Waals surface area contributed by atoms with Crippen molar-refractivity contribution >= 4 is 5.69 Å². The van der Waals surface area contributed by atoms with E-state index in [0.29, 0.717) is 11.3 Å². The molecule has 0 bridgehead atoms. The predicted molar refractivity (Wildman–Crippen MR) is 56.9 cm³/mol. The normalized spacial score (nSPS) is 18.9. The van der Waals surface area contributed by atoms with Gasteiger partial charge in [-0.15, -0.1) is 0 Å². The Morgan fingerprint density at radius 1 is 1.20 bits per heavy atom. The lowest BCUT2D eigenvalue weighted by atomic mass is 9.73.